The van der Waals surface area contributed by atoms with E-state index in [-0.39, 0.29) is 17.4 Å². The molecule has 32 heavy (non-hydrogen) atoms. The predicted octanol–water partition coefficient (Wildman–Crippen LogP) is 6.37. The normalized spacial score (nSPS) is 14.3. The molecule has 4 rings (SSSR count). The van der Waals surface area contributed by atoms with E-state index < -0.39 is 35.1 Å². The number of hydrogen-bond donors (Lipinski definition) is 2. The molecule has 0 saturated heterocycles. The van der Waals surface area contributed by atoms with Gasteiger partial charge in [0.25, 0.3) is 5.91 Å². The number of aromatic amines is 1. The first-order chi connectivity index (χ1) is 15.0. The summed E-state index contributed by atoms with van der Waals surface area (Å²) in [5.41, 5.74) is -1.83. The number of nitrogens with one attached hydrogen (secondary N) is 2. The standard InChI is InChI=1S/C21H15F6N3O2/c22-20(23,24)13-7-14(21(25,26)27)9-16(8-13)32-15-5-3-12(4-6-15)19(31)28-18-10-17(29-30-18)11-1-2-11/h3-11H,1-2H2,(H2,28,29,30,31). The van der Waals surface area contributed by atoms with Gasteiger partial charge >= 0.3 is 12.4 Å². The van der Waals surface area contributed by atoms with Gasteiger partial charge in [-0.3, -0.25) is 9.89 Å². The lowest BCUT2D eigenvalue weighted by atomic mass is 10.1. The zero-order chi connectivity index (χ0) is 23.1. The number of anilines is 1. The smallest absolute Gasteiger partial charge is 0.416 e. The number of nitrogens with zero attached hydrogens (tertiary/aromatic N) is 1. The zero-order valence-electron chi connectivity index (χ0n) is 16.1. The van der Waals surface area contributed by atoms with Crippen molar-refractivity contribution in [2.24, 2.45) is 0 Å². The van der Waals surface area contributed by atoms with Gasteiger partial charge in [-0.25, -0.2) is 0 Å². The van der Waals surface area contributed by atoms with E-state index in [0.29, 0.717) is 23.9 Å². The molecule has 5 nitrogen and oxygen atoms in total. The third kappa shape index (κ3) is 5.04. The number of alkyl halides is 6. The average Bonchev–Trinajstić information content (AvgIpc) is 3.46. The third-order valence-corrected chi connectivity index (χ3v) is 4.77. The number of aromatic nitrogens is 2. The highest BCUT2D eigenvalue weighted by Crippen LogP contribution is 2.40. The van der Waals surface area contributed by atoms with Crippen molar-refractivity contribution in [3.63, 3.8) is 0 Å². The Hall–Kier alpha value is -3.50. The number of hydrogen-bond acceptors (Lipinski definition) is 3. The SMILES string of the molecule is O=C(Nc1cc(C2CC2)[nH]n1)c1ccc(Oc2cc(C(F)(F)F)cc(C(F)(F)F)c2)cc1. The quantitative estimate of drug-likeness (QED) is 0.440. The maximum Gasteiger partial charge on any atom is 0.416 e. The molecule has 2 N–H and O–H groups in total. The molecule has 1 saturated carbocycles. The van der Waals surface area contributed by atoms with E-state index in [1.54, 1.807) is 6.07 Å². The summed E-state index contributed by atoms with van der Waals surface area (Å²) >= 11 is 0. The van der Waals surface area contributed by atoms with Gasteiger partial charge in [0.2, 0.25) is 0 Å². The Bertz CT molecular complexity index is 1100. The van der Waals surface area contributed by atoms with Gasteiger partial charge in [0.15, 0.2) is 5.82 Å². The lowest BCUT2D eigenvalue weighted by Gasteiger charge is -2.14. The number of benzene rings is 2. The molecule has 1 aliphatic carbocycles. The molecule has 0 radical (unpaired) electrons. The maximum atomic E-state index is 13.0. The van der Waals surface area contributed by atoms with Crippen LogP contribution in [0.15, 0.2) is 48.5 Å². The van der Waals surface area contributed by atoms with E-state index in [1.165, 1.54) is 24.3 Å². The Morgan fingerprint density at radius 2 is 1.50 bits per heavy atom. The van der Waals surface area contributed by atoms with E-state index >= 15 is 0 Å². The Balaban J connectivity index is 1.48. The highest BCUT2D eigenvalue weighted by Gasteiger charge is 2.37. The summed E-state index contributed by atoms with van der Waals surface area (Å²) in [7, 11) is 0. The summed E-state index contributed by atoms with van der Waals surface area (Å²) in [6.07, 6.45) is -7.83. The molecule has 0 aliphatic heterocycles. The molecule has 0 bridgehead atoms. The van der Waals surface area contributed by atoms with Crippen LogP contribution in [-0.4, -0.2) is 16.1 Å². The highest BCUT2D eigenvalue weighted by atomic mass is 19.4. The molecule has 1 fully saturated rings. The zero-order valence-corrected chi connectivity index (χ0v) is 16.1. The first-order valence-electron chi connectivity index (χ1n) is 9.43. The van der Waals surface area contributed by atoms with Gasteiger partial charge in [0, 0.05) is 23.2 Å². The lowest BCUT2D eigenvalue weighted by molar-refractivity contribution is -0.143. The van der Waals surface area contributed by atoms with E-state index in [1.807, 2.05) is 0 Å². The minimum Gasteiger partial charge on any atom is -0.457 e. The number of amides is 1. The summed E-state index contributed by atoms with van der Waals surface area (Å²) < 4.78 is 83.0. The summed E-state index contributed by atoms with van der Waals surface area (Å²) in [5, 5.41) is 9.46. The fourth-order valence-electron chi connectivity index (χ4n) is 2.99. The summed E-state index contributed by atoms with van der Waals surface area (Å²) in [6, 6.07) is 7.90. The predicted molar refractivity (Wildman–Crippen MR) is 101 cm³/mol. The van der Waals surface area contributed by atoms with Gasteiger partial charge in [0.1, 0.15) is 11.5 Å². The number of ether oxygens (including phenoxy) is 1. The number of H-pyrrole nitrogens is 1. The maximum absolute atomic E-state index is 13.0. The molecule has 1 aromatic heterocycles. The molecule has 11 heteroatoms. The summed E-state index contributed by atoms with van der Waals surface area (Å²) in [6.45, 7) is 0. The van der Waals surface area contributed by atoms with Gasteiger partial charge in [-0.05, 0) is 55.3 Å². The average molecular weight is 455 g/mol. The number of halogens is 6. The second kappa shape index (κ2) is 7.88. The topological polar surface area (TPSA) is 67.0 Å². The molecule has 1 aliphatic rings. The molecule has 2 aromatic carbocycles. The first kappa shape index (κ1) is 21.7. The highest BCUT2D eigenvalue weighted by molar-refractivity contribution is 6.03. The van der Waals surface area contributed by atoms with Gasteiger partial charge in [0.05, 0.1) is 11.1 Å². The molecule has 168 valence electrons. The van der Waals surface area contributed by atoms with Gasteiger partial charge in [-0.1, -0.05) is 0 Å². The van der Waals surface area contributed by atoms with Crippen LogP contribution in [0.1, 0.15) is 45.9 Å². The van der Waals surface area contributed by atoms with Crippen molar-refractivity contribution in [3.05, 3.63) is 70.9 Å². The summed E-state index contributed by atoms with van der Waals surface area (Å²) in [4.78, 5) is 12.3. The van der Waals surface area contributed by atoms with Gasteiger partial charge in [-0.15, -0.1) is 0 Å². The minimum atomic E-state index is -4.98. The monoisotopic (exact) mass is 455 g/mol. The van der Waals surface area contributed by atoms with Crippen molar-refractivity contribution >= 4 is 11.7 Å². The van der Waals surface area contributed by atoms with Crippen LogP contribution in [0.25, 0.3) is 0 Å². The largest absolute Gasteiger partial charge is 0.457 e. The van der Waals surface area contributed by atoms with Crippen LogP contribution in [-0.2, 0) is 12.4 Å². The van der Waals surface area contributed by atoms with Crippen LogP contribution in [0.4, 0.5) is 32.2 Å². The van der Waals surface area contributed by atoms with E-state index in [2.05, 4.69) is 15.5 Å². The Kier molecular flexibility index (Phi) is 5.35. The Morgan fingerprint density at radius 3 is 2.03 bits per heavy atom. The molecule has 1 heterocycles. The molecule has 3 aromatic rings. The van der Waals surface area contributed by atoms with Crippen molar-refractivity contribution < 1.29 is 35.9 Å². The van der Waals surface area contributed by atoms with Gasteiger partial charge in [-0.2, -0.15) is 31.4 Å². The lowest BCUT2D eigenvalue weighted by Crippen LogP contribution is -2.12. The Labute approximate surface area is 177 Å². The van der Waals surface area contributed by atoms with Gasteiger partial charge < -0.3 is 10.1 Å². The second-order valence-electron chi connectivity index (χ2n) is 7.30. The van der Waals surface area contributed by atoms with Crippen LogP contribution < -0.4 is 10.1 Å². The molecule has 1 amide bonds. The fraction of sp³-hybridized carbons (Fsp3) is 0.238. The molecular formula is C21H15F6N3O2. The first-order valence-corrected chi connectivity index (χ1v) is 9.43. The molecule has 0 atom stereocenters. The Morgan fingerprint density at radius 1 is 0.906 bits per heavy atom. The van der Waals surface area contributed by atoms with Crippen LogP contribution in [0.5, 0.6) is 11.5 Å². The fourth-order valence-corrected chi connectivity index (χ4v) is 2.99. The molecular weight excluding hydrogens is 440 g/mol. The van der Waals surface area contributed by atoms with Crippen LogP contribution in [0.2, 0.25) is 0 Å². The van der Waals surface area contributed by atoms with Crippen LogP contribution in [0.3, 0.4) is 0 Å². The molecule has 0 spiro atoms. The second-order valence-corrected chi connectivity index (χ2v) is 7.30. The summed E-state index contributed by atoms with van der Waals surface area (Å²) in [5.74, 6) is -0.374. The van der Waals surface area contributed by atoms with Crippen LogP contribution in [0, 0.1) is 0 Å². The third-order valence-electron chi connectivity index (χ3n) is 4.77. The van der Waals surface area contributed by atoms with Crippen molar-refractivity contribution in [1.82, 2.24) is 10.2 Å². The van der Waals surface area contributed by atoms with Crippen molar-refractivity contribution in [3.8, 4) is 11.5 Å². The van der Waals surface area contributed by atoms with Crippen molar-refractivity contribution in [2.75, 3.05) is 5.32 Å². The number of carbonyl (C=O) groups is 1. The minimum absolute atomic E-state index is 0.0178. The van der Waals surface area contributed by atoms with E-state index in [0.717, 1.165) is 18.5 Å². The number of carbonyl (C=O) groups excluding carboxylic acids is 1. The van der Waals surface area contributed by atoms with Crippen molar-refractivity contribution in [1.29, 1.82) is 0 Å². The number of rotatable bonds is 5. The van der Waals surface area contributed by atoms with Crippen molar-refractivity contribution in [2.45, 2.75) is 31.1 Å². The molecule has 0 unspecified atom stereocenters. The van der Waals surface area contributed by atoms with E-state index in [9.17, 15) is 31.1 Å². The van der Waals surface area contributed by atoms with E-state index in [4.69, 9.17) is 4.74 Å². The van der Waals surface area contributed by atoms with Crippen LogP contribution >= 0.6 is 0 Å².